The molecule has 0 aliphatic rings. The molecule has 0 aliphatic carbocycles. The molecular weight excluding hydrogens is 352 g/mol. The molecule has 84 valence electrons. The third-order valence-corrected chi connectivity index (χ3v) is 3.96. The molecule has 0 radical (unpaired) electrons. The number of nitrogens with one attached hydrogen (secondary N) is 1. The highest BCUT2D eigenvalue weighted by atomic mass is 79.9. The molecule has 0 fully saturated rings. The van der Waals surface area contributed by atoms with Crippen LogP contribution in [-0.4, -0.2) is 9.55 Å². The summed E-state index contributed by atoms with van der Waals surface area (Å²) in [6.45, 7) is 2.11. The topological polar surface area (TPSA) is 20.7 Å². The Bertz CT molecular complexity index is 551. The van der Waals surface area contributed by atoms with Gasteiger partial charge in [-0.05, 0) is 62.6 Å². The van der Waals surface area contributed by atoms with Gasteiger partial charge < -0.3 is 4.98 Å². The minimum Gasteiger partial charge on any atom is -0.337 e. The van der Waals surface area contributed by atoms with Gasteiger partial charge in [0.15, 0.2) is 4.77 Å². The fraction of sp³-hybridized carbons (Fsp3) is 0.182. The van der Waals surface area contributed by atoms with Crippen LogP contribution in [-0.2, 0) is 6.42 Å². The Morgan fingerprint density at radius 1 is 1.31 bits per heavy atom. The predicted octanol–water partition coefficient (Wildman–Crippen LogP) is 4.62. The lowest BCUT2D eigenvalue weighted by molar-refractivity contribution is 0.914. The van der Waals surface area contributed by atoms with Crippen LogP contribution in [0, 0.1) is 4.77 Å². The van der Waals surface area contributed by atoms with Gasteiger partial charge in [-0.2, -0.15) is 0 Å². The second-order valence-electron chi connectivity index (χ2n) is 3.34. The van der Waals surface area contributed by atoms with Gasteiger partial charge in [-0.1, -0.05) is 13.0 Å². The summed E-state index contributed by atoms with van der Waals surface area (Å²) in [6, 6.07) is 6.00. The van der Waals surface area contributed by atoms with E-state index < -0.39 is 0 Å². The normalized spacial score (nSPS) is 10.7. The monoisotopic (exact) mass is 360 g/mol. The minimum absolute atomic E-state index is 0.712. The maximum absolute atomic E-state index is 5.31. The zero-order chi connectivity index (χ0) is 11.7. The number of halogens is 2. The van der Waals surface area contributed by atoms with Crippen molar-refractivity contribution in [1.29, 1.82) is 0 Å². The quantitative estimate of drug-likeness (QED) is 0.774. The lowest BCUT2D eigenvalue weighted by Gasteiger charge is -2.11. The van der Waals surface area contributed by atoms with Crippen LogP contribution < -0.4 is 0 Å². The highest BCUT2D eigenvalue weighted by molar-refractivity contribution is 9.11. The van der Waals surface area contributed by atoms with E-state index in [1.54, 1.807) is 0 Å². The first-order valence-electron chi connectivity index (χ1n) is 4.88. The molecule has 0 unspecified atom stereocenters. The molecule has 0 aliphatic heterocycles. The molecule has 1 aromatic carbocycles. The summed E-state index contributed by atoms with van der Waals surface area (Å²) >= 11 is 12.4. The van der Waals surface area contributed by atoms with E-state index in [0.717, 1.165) is 26.7 Å². The van der Waals surface area contributed by atoms with E-state index >= 15 is 0 Å². The average molecular weight is 362 g/mol. The predicted molar refractivity (Wildman–Crippen MR) is 75.7 cm³/mol. The van der Waals surface area contributed by atoms with E-state index in [-0.39, 0.29) is 0 Å². The zero-order valence-electron chi connectivity index (χ0n) is 8.63. The van der Waals surface area contributed by atoms with E-state index in [1.807, 2.05) is 29.0 Å². The largest absolute Gasteiger partial charge is 0.337 e. The number of H-pyrrole nitrogens is 1. The van der Waals surface area contributed by atoms with Crippen LogP contribution >= 0.6 is 44.1 Å². The molecule has 2 aromatic rings. The Morgan fingerprint density at radius 3 is 2.50 bits per heavy atom. The average Bonchev–Trinajstić information content (AvgIpc) is 2.60. The molecule has 0 atom stereocenters. The smallest absolute Gasteiger partial charge is 0.182 e. The Morgan fingerprint density at radius 2 is 1.94 bits per heavy atom. The summed E-state index contributed by atoms with van der Waals surface area (Å²) in [5.41, 5.74) is 2.21. The summed E-state index contributed by atoms with van der Waals surface area (Å²) in [5, 5.41) is 0. The summed E-state index contributed by atoms with van der Waals surface area (Å²) in [4.78, 5) is 3.08. The Kier molecular flexibility index (Phi) is 3.66. The van der Waals surface area contributed by atoms with Gasteiger partial charge in [0, 0.05) is 20.8 Å². The molecule has 0 amide bonds. The maximum atomic E-state index is 5.31. The van der Waals surface area contributed by atoms with E-state index in [2.05, 4.69) is 43.8 Å². The van der Waals surface area contributed by atoms with Crippen molar-refractivity contribution in [2.75, 3.05) is 0 Å². The number of rotatable bonds is 2. The first-order chi connectivity index (χ1) is 7.65. The molecule has 0 saturated heterocycles. The van der Waals surface area contributed by atoms with Gasteiger partial charge in [0.25, 0.3) is 0 Å². The number of hydrogen-bond donors (Lipinski definition) is 1. The molecule has 0 saturated carbocycles. The van der Waals surface area contributed by atoms with Crippen molar-refractivity contribution in [3.05, 3.63) is 43.8 Å². The molecule has 5 heteroatoms. The third-order valence-electron chi connectivity index (χ3n) is 2.38. The molecule has 2 nitrogen and oxygen atoms in total. The highest BCUT2D eigenvalue weighted by Crippen LogP contribution is 2.30. The van der Waals surface area contributed by atoms with E-state index in [9.17, 15) is 0 Å². The van der Waals surface area contributed by atoms with Crippen molar-refractivity contribution in [1.82, 2.24) is 9.55 Å². The van der Waals surface area contributed by atoms with Gasteiger partial charge in [-0.25, -0.2) is 0 Å². The van der Waals surface area contributed by atoms with Gasteiger partial charge >= 0.3 is 0 Å². The molecule has 0 spiro atoms. The summed E-state index contributed by atoms with van der Waals surface area (Å²) in [5.74, 6) is 0. The molecule has 1 aromatic heterocycles. The van der Waals surface area contributed by atoms with Crippen molar-refractivity contribution in [3.8, 4) is 5.69 Å². The van der Waals surface area contributed by atoms with Gasteiger partial charge in [0.05, 0.1) is 5.69 Å². The summed E-state index contributed by atoms with van der Waals surface area (Å²) < 4.78 is 4.80. The number of nitrogens with zero attached hydrogens (tertiary/aromatic N) is 1. The van der Waals surface area contributed by atoms with Crippen LogP contribution in [0.25, 0.3) is 5.69 Å². The van der Waals surface area contributed by atoms with E-state index in [4.69, 9.17) is 12.2 Å². The number of benzene rings is 1. The first-order valence-corrected chi connectivity index (χ1v) is 6.88. The number of aryl methyl sites for hydroxylation is 1. The number of para-hydroxylation sites is 1. The number of imidazole rings is 1. The molecule has 16 heavy (non-hydrogen) atoms. The van der Waals surface area contributed by atoms with E-state index in [0.29, 0.717) is 4.77 Å². The standard InChI is InChI=1S/C11H10Br2N2S/c1-2-7-6-14-11(16)15(7)10-8(12)4-3-5-9(10)13/h3-6H,2H2,1H3,(H,14,16). The van der Waals surface area contributed by atoms with Gasteiger partial charge in [0.1, 0.15) is 0 Å². The molecule has 0 bridgehead atoms. The Balaban J connectivity index is 2.76. The van der Waals surface area contributed by atoms with Crippen molar-refractivity contribution < 1.29 is 0 Å². The SMILES string of the molecule is CCc1c[nH]c(=S)n1-c1c(Br)cccc1Br. The molecule has 1 heterocycles. The Hall–Kier alpha value is -0.390. The molecular formula is C11H10Br2N2S. The number of aromatic amines is 1. The number of hydrogen-bond acceptors (Lipinski definition) is 1. The van der Waals surface area contributed by atoms with Crippen molar-refractivity contribution in [2.24, 2.45) is 0 Å². The van der Waals surface area contributed by atoms with Crippen LogP contribution in [0.1, 0.15) is 12.6 Å². The van der Waals surface area contributed by atoms with Gasteiger partial charge in [-0.3, -0.25) is 4.57 Å². The van der Waals surface area contributed by atoms with Crippen LogP contribution in [0.2, 0.25) is 0 Å². The summed E-state index contributed by atoms with van der Waals surface area (Å²) in [7, 11) is 0. The van der Waals surface area contributed by atoms with Crippen LogP contribution in [0.4, 0.5) is 0 Å². The lowest BCUT2D eigenvalue weighted by atomic mass is 10.3. The van der Waals surface area contributed by atoms with Gasteiger partial charge in [-0.15, -0.1) is 0 Å². The zero-order valence-corrected chi connectivity index (χ0v) is 12.6. The minimum atomic E-state index is 0.712. The van der Waals surface area contributed by atoms with Crippen molar-refractivity contribution >= 4 is 44.1 Å². The van der Waals surface area contributed by atoms with Crippen LogP contribution in [0.3, 0.4) is 0 Å². The fourth-order valence-electron chi connectivity index (χ4n) is 1.61. The van der Waals surface area contributed by atoms with Crippen molar-refractivity contribution in [3.63, 3.8) is 0 Å². The maximum Gasteiger partial charge on any atom is 0.182 e. The molecule has 1 N–H and O–H groups in total. The second-order valence-corrected chi connectivity index (χ2v) is 5.44. The number of aromatic nitrogens is 2. The highest BCUT2D eigenvalue weighted by Gasteiger charge is 2.11. The Labute approximate surface area is 116 Å². The van der Waals surface area contributed by atoms with Crippen LogP contribution in [0.5, 0.6) is 0 Å². The van der Waals surface area contributed by atoms with Gasteiger partial charge in [0.2, 0.25) is 0 Å². The lowest BCUT2D eigenvalue weighted by Crippen LogP contribution is -2.01. The van der Waals surface area contributed by atoms with E-state index in [1.165, 1.54) is 0 Å². The molecule has 2 rings (SSSR count). The fourth-order valence-corrected chi connectivity index (χ4v) is 3.23. The summed E-state index contributed by atoms with van der Waals surface area (Å²) in [6.07, 6.45) is 2.88. The van der Waals surface area contributed by atoms with Crippen molar-refractivity contribution in [2.45, 2.75) is 13.3 Å². The first kappa shape index (κ1) is 12.1. The second kappa shape index (κ2) is 4.85. The third kappa shape index (κ3) is 2.04. The van der Waals surface area contributed by atoms with Crippen LogP contribution in [0.15, 0.2) is 33.3 Å².